The zero-order valence-corrected chi connectivity index (χ0v) is 15.9. The molecule has 3 aromatic rings. The highest BCUT2D eigenvalue weighted by atomic mass is 35.5. The van der Waals surface area contributed by atoms with Gasteiger partial charge in [0.25, 0.3) is 0 Å². The van der Waals surface area contributed by atoms with E-state index in [1.165, 1.54) is 0 Å². The van der Waals surface area contributed by atoms with E-state index in [9.17, 15) is 5.11 Å². The van der Waals surface area contributed by atoms with E-state index in [-0.39, 0.29) is 12.6 Å². The van der Waals surface area contributed by atoms with E-state index >= 15 is 0 Å². The number of hydrogen-bond donors (Lipinski definition) is 3. The quantitative estimate of drug-likeness (QED) is 0.523. The Hall–Kier alpha value is -2.48. The molecule has 0 spiro atoms. The van der Waals surface area contributed by atoms with Crippen molar-refractivity contribution in [1.82, 2.24) is 25.5 Å². The van der Waals surface area contributed by atoms with Crippen LogP contribution in [0.4, 0.5) is 5.69 Å². The molecule has 2 aromatic carbocycles. The zero-order valence-electron chi connectivity index (χ0n) is 15.1. The summed E-state index contributed by atoms with van der Waals surface area (Å²) in [4.78, 5) is 2.11. The SMILES string of the molecule is CN(CCNc1ccc(Cc2nn[nH]n2)cc1)[C@@H](CO)c1cccc(Cl)c1. The summed E-state index contributed by atoms with van der Waals surface area (Å²) in [5.41, 5.74) is 3.18. The summed E-state index contributed by atoms with van der Waals surface area (Å²) in [7, 11) is 2.00. The Morgan fingerprint density at radius 3 is 2.70 bits per heavy atom. The molecule has 0 unspecified atom stereocenters. The van der Waals surface area contributed by atoms with Crippen molar-refractivity contribution < 1.29 is 5.11 Å². The number of halogens is 1. The minimum atomic E-state index is -0.0807. The van der Waals surface area contributed by atoms with E-state index in [0.717, 1.165) is 29.9 Å². The molecule has 0 bridgehead atoms. The smallest absolute Gasteiger partial charge is 0.178 e. The Balaban J connectivity index is 1.49. The number of hydrogen-bond acceptors (Lipinski definition) is 6. The van der Waals surface area contributed by atoms with E-state index in [0.29, 0.717) is 17.3 Å². The highest BCUT2D eigenvalue weighted by Gasteiger charge is 2.16. The lowest BCUT2D eigenvalue weighted by atomic mass is 10.1. The standard InChI is InChI=1S/C19H23ClN6O/c1-26(18(13-27)15-3-2-4-16(20)12-15)10-9-21-17-7-5-14(6-8-17)11-19-22-24-25-23-19/h2-8,12,18,21,27H,9-11,13H2,1H3,(H,22,23,24,25)/t18-/m0/s1. The highest BCUT2D eigenvalue weighted by molar-refractivity contribution is 6.30. The average Bonchev–Trinajstić information content (AvgIpc) is 3.17. The van der Waals surface area contributed by atoms with Gasteiger partial charge in [-0.05, 0) is 42.4 Å². The van der Waals surface area contributed by atoms with Gasteiger partial charge in [-0.3, -0.25) is 4.90 Å². The molecule has 7 nitrogen and oxygen atoms in total. The summed E-state index contributed by atoms with van der Waals surface area (Å²) in [5.74, 6) is 0.674. The van der Waals surface area contributed by atoms with Gasteiger partial charge in [0.15, 0.2) is 5.82 Å². The molecule has 142 valence electrons. The predicted octanol–water partition coefficient (Wildman–Crippen LogP) is 2.52. The van der Waals surface area contributed by atoms with E-state index in [1.54, 1.807) is 0 Å². The molecule has 0 aliphatic rings. The van der Waals surface area contributed by atoms with Crippen LogP contribution in [0.25, 0.3) is 0 Å². The van der Waals surface area contributed by atoms with E-state index in [2.05, 4.69) is 30.8 Å². The second-order valence-corrected chi connectivity index (χ2v) is 6.80. The third-order valence-electron chi connectivity index (χ3n) is 4.44. The Morgan fingerprint density at radius 1 is 1.22 bits per heavy atom. The number of aliphatic hydroxyl groups is 1. The maximum atomic E-state index is 9.77. The molecular weight excluding hydrogens is 364 g/mol. The summed E-state index contributed by atoms with van der Waals surface area (Å²) in [5, 5.41) is 27.8. The van der Waals surface area contributed by atoms with Gasteiger partial charge in [-0.2, -0.15) is 5.21 Å². The van der Waals surface area contributed by atoms with Crippen LogP contribution in [-0.2, 0) is 6.42 Å². The van der Waals surface area contributed by atoms with Crippen LogP contribution >= 0.6 is 11.6 Å². The van der Waals surface area contributed by atoms with Gasteiger partial charge in [-0.1, -0.05) is 41.1 Å². The molecule has 8 heteroatoms. The van der Waals surface area contributed by atoms with Crippen molar-refractivity contribution in [2.45, 2.75) is 12.5 Å². The summed E-state index contributed by atoms with van der Waals surface area (Å²) < 4.78 is 0. The molecule has 0 saturated heterocycles. The zero-order chi connectivity index (χ0) is 19.1. The molecule has 0 amide bonds. The molecule has 3 N–H and O–H groups in total. The first-order valence-corrected chi connectivity index (χ1v) is 9.15. The fourth-order valence-electron chi connectivity index (χ4n) is 2.93. The van der Waals surface area contributed by atoms with Gasteiger partial charge in [0, 0.05) is 30.2 Å². The van der Waals surface area contributed by atoms with Gasteiger partial charge in [-0.15, -0.1) is 10.2 Å². The molecule has 27 heavy (non-hydrogen) atoms. The van der Waals surface area contributed by atoms with Crippen LogP contribution in [0.2, 0.25) is 5.02 Å². The van der Waals surface area contributed by atoms with Crippen LogP contribution in [0, 0.1) is 0 Å². The van der Waals surface area contributed by atoms with Crippen molar-refractivity contribution in [3.8, 4) is 0 Å². The van der Waals surface area contributed by atoms with Gasteiger partial charge in [-0.25, -0.2) is 0 Å². The average molecular weight is 387 g/mol. The molecule has 0 fully saturated rings. The number of H-pyrrole nitrogens is 1. The Morgan fingerprint density at radius 2 is 2.04 bits per heavy atom. The van der Waals surface area contributed by atoms with Crippen LogP contribution in [0.15, 0.2) is 48.5 Å². The molecule has 1 aromatic heterocycles. The Bertz CT molecular complexity index is 824. The van der Waals surface area contributed by atoms with Gasteiger partial charge >= 0.3 is 0 Å². The maximum absolute atomic E-state index is 9.77. The number of tetrazole rings is 1. The third kappa shape index (κ3) is 5.50. The molecular formula is C19H23ClN6O. The number of aliphatic hydroxyl groups excluding tert-OH is 1. The predicted molar refractivity (Wildman–Crippen MR) is 106 cm³/mol. The number of nitrogens with zero attached hydrogens (tertiary/aromatic N) is 4. The first-order valence-electron chi connectivity index (χ1n) is 8.77. The molecule has 1 heterocycles. The summed E-state index contributed by atoms with van der Waals surface area (Å²) in [6.45, 7) is 1.59. The van der Waals surface area contributed by atoms with Crippen LogP contribution < -0.4 is 5.32 Å². The minimum Gasteiger partial charge on any atom is -0.394 e. The lowest BCUT2D eigenvalue weighted by molar-refractivity contribution is 0.152. The number of aromatic nitrogens is 4. The second-order valence-electron chi connectivity index (χ2n) is 6.36. The Kier molecular flexibility index (Phi) is 6.75. The number of aromatic amines is 1. The lowest BCUT2D eigenvalue weighted by Crippen LogP contribution is -2.31. The minimum absolute atomic E-state index is 0.0433. The van der Waals surface area contributed by atoms with Gasteiger partial charge in [0.05, 0.1) is 12.6 Å². The highest BCUT2D eigenvalue weighted by Crippen LogP contribution is 2.22. The van der Waals surface area contributed by atoms with Crippen LogP contribution in [0.5, 0.6) is 0 Å². The van der Waals surface area contributed by atoms with Crippen LogP contribution in [-0.4, -0.2) is 57.4 Å². The largest absolute Gasteiger partial charge is 0.394 e. The van der Waals surface area contributed by atoms with Crippen molar-refractivity contribution in [2.24, 2.45) is 0 Å². The molecule has 3 rings (SSSR count). The van der Waals surface area contributed by atoms with Crippen molar-refractivity contribution >= 4 is 17.3 Å². The van der Waals surface area contributed by atoms with E-state index < -0.39 is 0 Å². The first-order chi connectivity index (χ1) is 13.2. The van der Waals surface area contributed by atoms with Gasteiger partial charge in [0.2, 0.25) is 0 Å². The monoisotopic (exact) mass is 386 g/mol. The van der Waals surface area contributed by atoms with E-state index in [1.807, 2.05) is 55.6 Å². The summed E-state index contributed by atoms with van der Waals surface area (Å²) in [6, 6.07) is 15.7. The summed E-state index contributed by atoms with van der Waals surface area (Å²) in [6.07, 6.45) is 0.650. The molecule has 0 aliphatic heterocycles. The third-order valence-corrected chi connectivity index (χ3v) is 4.67. The first kappa shape index (κ1) is 19.3. The lowest BCUT2D eigenvalue weighted by Gasteiger charge is -2.27. The van der Waals surface area contributed by atoms with Crippen molar-refractivity contribution in [3.05, 3.63) is 70.5 Å². The second kappa shape index (κ2) is 9.45. The van der Waals surface area contributed by atoms with Gasteiger partial charge < -0.3 is 10.4 Å². The van der Waals surface area contributed by atoms with Gasteiger partial charge in [0.1, 0.15) is 0 Å². The van der Waals surface area contributed by atoms with Crippen LogP contribution in [0.1, 0.15) is 23.0 Å². The normalized spacial score (nSPS) is 12.3. The number of anilines is 1. The number of rotatable bonds is 9. The number of nitrogens with one attached hydrogen (secondary N) is 2. The summed E-state index contributed by atoms with van der Waals surface area (Å²) >= 11 is 6.07. The Labute approximate surface area is 163 Å². The van der Waals surface area contributed by atoms with Crippen LogP contribution in [0.3, 0.4) is 0 Å². The molecule has 1 atom stereocenters. The maximum Gasteiger partial charge on any atom is 0.178 e. The molecule has 0 aliphatic carbocycles. The molecule has 0 radical (unpaired) electrons. The number of benzene rings is 2. The molecule has 0 saturated carbocycles. The topological polar surface area (TPSA) is 90.0 Å². The fourth-order valence-corrected chi connectivity index (χ4v) is 3.12. The number of likely N-dealkylation sites (N-methyl/N-ethyl adjacent to an activating group) is 1. The van der Waals surface area contributed by atoms with Crippen molar-refractivity contribution in [3.63, 3.8) is 0 Å². The van der Waals surface area contributed by atoms with E-state index in [4.69, 9.17) is 11.6 Å². The fraction of sp³-hybridized carbons (Fsp3) is 0.316. The van der Waals surface area contributed by atoms with Crippen molar-refractivity contribution in [1.29, 1.82) is 0 Å². The van der Waals surface area contributed by atoms with Crippen molar-refractivity contribution in [2.75, 3.05) is 32.1 Å².